The van der Waals surface area contributed by atoms with Crippen molar-refractivity contribution in [3.8, 4) is 0 Å². The van der Waals surface area contributed by atoms with E-state index in [-0.39, 0.29) is 42.1 Å². The van der Waals surface area contributed by atoms with Gasteiger partial charge in [0.15, 0.2) is 0 Å². The number of hydrogen-bond donors (Lipinski definition) is 0. The first-order valence-electron chi connectivity index (χ1n) is 0. The first-order valence-corrected chi connectivity index (χ1v) is 0. The minimum absolute atomic E-state index is 0. The molecule has 0 nitrogen and oxygen atoms in total. The van der Waals surface area contributed by atoms with Crippen LogP contribution in [-0.2, 0) is 18.6 Å². The summed E-state index contributed by atoms with van der Waals surface area (Å²) in [5, 5.41) is 0. The largest absolute Gasteiger partial charge is 0.269 e. The molecule has 0 atom stereocenters. The molecular formula is H5F5V. The monoisotopic (exact) mass is 151 g/mol. The molecule has 0 spiro atoms. The molecule has 0 N–H and O–H groups in total. The second-order valence-electron chi connectivity index (χ2n) is 0. The van der Waals surface area contributed by atoms with E-state index in [0.717, 1.165) is 0 Å². The van der Waals surface area contributed by atoms with Gasteiger partial charge in [0, 0.05) is 18.6 Å². The Morgan fingerprint density at radius 2 is 0.333 bits per heavy atom. The van der Waals surface area contributed by atoms with Crippen molar-refractivity contribution in [2.45, 2.75) is 0 Å². The predicted octanol–water partition coefficient (Wildman–Crippen LogP) is 0.760. The molecule has 0 aliphatic heterocycles. The van der Waals surface area contributed by atoms with Gasteiger partial charge < -0.3 is 0 Å². The number of hydrogen-bond acceptors (Lipinski definition) is 0. The van der Waals surface area contributed by atoms with E-state index in [2.05, 4.69) is 0 Å². The third-order valence-electron chi connectivity index (χ3n) is 0. The smallest absolute Gasteiger partial charge is 0 e. The van der Waals surface area contributed by atoms with Crippen LogP contribution in [0.5, 0.6) is 0 Å². The van der Waals surface area contributed by atoms with Crippen LogP contribution in [0.3, 0.4) is 0 Å². The molecule has 0 saturated heterocycles. The Bertz CT molecular complexity index is 3.90. The summed E-state index contributed by atoms with van der Waals surface area (Å²) < 4.78 is 0. The van der Waals surface area contributed by atoms with Gasteiger partial charge in [0.05, 0.1) is 0 Å². The molecule has 0 aromatic carbocycles. The Morgan fingerprint density at radius 3 is 0.333 bits per heavy atom. The van der Waals surface area contributed by atoms with Gasteiger partial charge in [0.25, 0.3) is 0 Å². The molecule has 0 unspecified atom stereocenters. The third-order valence-corrected chi connectivity index (χ3v) is 0. The van der Waals surface area contributed by atoms with Crippen molar-refractivity contribution < 1.29 is 42.1 Å². The second-order valence-corrected chi connectivity index (χ2v) is 0. The van der Waals surface area contributed by atoms with E-state index < -0.39 is 0 Å². The zero-order valence-corrected chi connectivity index (χ0v) is 3.89. The average molecular weight is 151 g/mol. The van der Waals surface area contributed by atoms with Crippen molar-refractivity contribution in [3.63, 3.8) is 0 Å². The molecule has 0 bridgehead atoms. The van der Waals surface area contributed by atoms with E-state index in [1.807, 2.05) is 0 Å². The molecule has 45 valence electrons. The summed E-state index contributed by atoms with van der Waals surface area (Å²) in [6.07, 6.45) is 0. The van der Waals surface area contributed by atoms with E-state index >= 15 is 0 Å². The minimum atomic E-state index is 0. The molecular weight excluding hydrogens is 146 g/mol. The molecule has 6 heavy (non-hydrogen) atoms. The molecule has 0 aromatic rings. The molecule has 0 aliphatic carbocycles. The van der Waals surface area contributed by atoms with Crippen LogP contribution in [0.25, 0.3) is 0 Å². The van der Waals surface area contributed by atoms with Gasteiger partial charge in [-0.3, -0.25) is 23.5 Å². The topological polar surface area (TPSA) is 0 Å². The van der Waals surface area contributed by atoms with E-state index in [9.17, 15) is 0 Å². The van der Waals surface area contributed by atoms with E-state index in [4.69, 9.17) is 0 Å². The molecule has 0 aliphatic rings. The van der Waals surface area contributed by atoms with E-state index in [0.29, 0.717) is 0 Å². The molecule has 6 heteroatoms. The molecule has 0 fully saturated rings. The molecule has 1 radical (unpaired) electrons. The second kappa shape index (κ2) is 1710. The Balaban J connectivity index is 0. The van der Waals surface area contributed by atoms with Crippen molar-refractivity contribution >= 4 is 0 Å². The summed E-state index contributed by atoms with van der Waals surface area (Å²) in [7, 11) is 0. The molecule has 0 heterocycles. The maximum Gasteiger partial charge on any atom is 0 e. The van der Waals surface area contributed by atoms with Crippen LogP contribution in [0.4, 0.5) is 23.5 Å². The Labute approximate surface area is 43.0 Å². The van der Waals surface area contributed by atoms with Gasteiger partial charge >= 0.3 is 0 Å². The maximum atomic E-state index is 0. The quantitative estimate of drug-likeness (QED) is 0.448. The average Bonchev–Trinajstić information content (AvgIpc) is 0. The molecule has 0 rings (SSSR count). The maximum absolute atomic E-state index is 0. The fraction of sp³-hybridized carbons (Fsp3) is 0. The SMILES string of the molecule is F.F.F.F.F.[V]. The van der Waals surface area contributed by atoms with Gasteiger partial charge in [-0.1, -0.05) is 0 Å². The molecule has 0 amide bonds. The van der Waals surface area contributed by atoms with Crippen LogP contribution in [-0.4, -0.2) is 0 Å². The van der Waals surface area contributed by atoms with Gasteiger partial charge in [-0.05, 0) is 0 Å². The standard InChI is InChI=1S/5FH.V/h5*1H;. The summed E-state index contributed by atoms with van der Waals surface area (Å²) in [5.74, 6) is 0. The minimum Gasteiger partial charge on any atom is -0.269 e. The first kappa shape index (κ1) is 3110. The first-order chi connectivity index (χ1) is 0. The van der Waals surface area contributed by atoms with Gasteiger partial charge in [0.1, 0.15) is 0 Å². The van der Waals surface area contributed by atoms with Crippen LogP contribution < -0.4 is 0 Å². The predicted molar refractivity (Wildman–Crippen MR) is 12.5 cm³/mol. The summed E-state index contributed by atoms with van der Waals surface area (Å²) in [6.45, 7) is 0. The fourth-order valence-electron chi connectivity index (χ4n) is 0. The Morgan fingerprint density at radius 1 is 0.333 bits per heavy atom. The van der Waals surface area contributed by atoms with Crippen LogP contribution in [0, 0.1) is 0 Å². The summed E-state index contributed by atoms with van der Waals surface area (Å²) >= 11 is 0. The van der Waals surface area contributed by atoms with Crippen molar-refractivity contribution in [1.82, 2.24) is 0 Å². The fourth-order valence-corrected chi connectivity index (χ4v) is 0. The van der Waals surface area contributed by atoms with Crippen molar-refractivity contribution in [3.05, 3.63) is 0 Å². The number of rotatable bonds is 0. The molecule has 0 aromatic heterocycles. The van der Waals surface area contributed by atoms with Crippen LogP contribution in [0.1, 0.15) is 0 Å². The summed E-state index contributed by atoms with van der Waals surface area (Å²) in [5.41, 5.74) is 0. The van der Waals surface area contributed by atoms with Crippen LogP contribution in [0.2, 0.25) is 0 Å². The summed E-state index contributed by atoms with van der Waals surface area (Å²) in [4.78, 5) is 0. The van der Waals surface area contributed by atoms with Crippen molar-refractivity contribution in [1.29, 1.82) is 0 Å². The Hall–Kier alpha value is 0.234. The number of halogens is 5. The Kier molecular flexibility index (Phi) is 885000. The summed E-state index contributed by atoms with van der Waals surface area (Å²) in [6, 6.07) is 0. The van der Waals surface area contributed by atoms with Crippen molar-refractivity contribution in [2.75, 3.05) is 0 Å². The van der Waals surface area contributed by atoms with Gasteiger partial charge in [-0.15, -0.1) is 0 Å². The van der Waals surface area contributed by atoms with Gasteiger partial charge in [-0.2, -0.15) is 0 Å². The van der Waals surface area contributed by atoms with E-state index in [1.165, 1.54) is 0 Å². The molecule has 0 saturated carbocycles. The van der Waals surface area contributed by atoms with Crippen LogP contribution in [0.15, 0.2) is 0 Å². The van der Waals surface area contributed by atoms with E-state index in [1.54, 1.807) is 0 Å². The van der Waals surface area contributed by atoms with Gasteiger partial charge in [-0.25, -0.2) is 0 Å². The third kappa shape index (κ3) is 806. The van der Waals surface area contributed by atoms with Gasteiger partial charge in [0.2, 0.25) is 0 Å². The zero-order valence-electron chi connectivity index (χ0n) is 2.49. The van der Waals surface area contributed by atoms with Crippen molar-refractivity contribution in [2.24, 2.45) is 0 Å². The normalized spacial score (nSPS) is 0. The zero-order chi connectivity index (χ0) is 0. The van der Waals surface area contributed by atoms with Crippen LogP contribution >= 0.6 is 0 Å².